The van der Waals surface area contributed by atoms with E-state index in [-0.39, 0.29) is 12.0 Å². The lowest BCUT2D eigenvalue weighted by molar-refractivity contribution is -0.130. The fraction of sp³-hybridized carbons (Fsp3) is 0.632. The van der Waals surface area contributed by atoms with Crippen LogP contribution < -0.4 is 10.2 Å². The van der Waals surface area contributed by atoms with E-state index in [2.05, 4.69) is 29.4 Å². The molecule has 0 aliphatic carbocycles. The number of anilines is 2. The Balaban J connectivity index is 1.52. The van der Waals surface area contributed by atoms with Gasteiger partial charge in [-0.05, 0) is 62.8 Å². The van der Waals surface area contributed by atoms with Crippen LogP contribution in [0.5, 0.6) is 0 Å². The molecule has 1 saturated heterocycles. The van der Waals surface area contributed by atoms with E-state index in [1.165, 1.54) is 17.7 Å². The van der Waals surface area contributed by atoms with Gasteiger partial charge in [0.05, 0.1) is 12.7 Å². The number of nitrogens with zero attached hydrogens (tertiary/aromatic N) is 1. The molecule has 5 heteroatoms. The largest absolute Gasteiger partial charge is 0.376 e. The van der Waals surface area contributed by atoms with E-state index in [1.807, 2.05) is 6.07 Å². The SMILES string of the molecule is CC(OCC1CCCCO1)C(=O)Nc1ccc2c(c1)CCCN2C. The number of carbonyl (C=O) groups is 1. The summed E-state index contributed by atoms with van der Waals surface area (Å²) in [5.41, 5.74) is 3.40. The number of benzene rings is 1. The number of hydrogen-bond donors (Lipinski definition) is 1. The predicted octanol–water partition coefficient (Wildman–Crippen LogP) is 2.98. The normalized spacial score (nSPS) is 21.9. The van der Waals surface area contributed by atoms with Gasteiger partial charge in [0.15, 0.2) is 0 Å². The van der Waals surface area contributed by atoms with Gasteiger partial charge >= 0.3 is 0 Å². The Hall–Kier alpha value is -1.59. The van der Waals surface area contributed by atoms with Crippen LogP contribution in [-0.4, -0.2) is 44.9 Å². The summed E-state index contributed by atoms with van der Waals surface area (Å²) < 4.78 is 11.3. The Labute approximate surface area is 144 Å². The van der Waals surface area contributed by atoms with Crippen LogP contribution in [0.25, 0.3) is 0 Å². The van der Waals surface area contributed by atoms with Crippen LogP contribution in [0.2, 0.25) is 0 Å². The molecule has 2 heterocycles. The van der Waals surface area contributed by atoms with E-state index >= 15 is 0 Å². The highest BCUT2D eigenvalue weighted by Gasteiger charge is 2.20. The van der Waals surface area contributed by atoms with Crippen molar-refractivity contribution in [1.82, 2.24) is 0 Å². The summed E-state index contributed by atoms with van der Waals surface area (Å²) >= 11 is 0. The molecule has 1 amide bonds. The van der Waals surface area contributed by atoms with Gasteiger partial charge in [-0.15, -0.1) is 0 Å². The van der Waals surface area contributed by atoms with Crippen molar-refractivity contribution in [3.63, 3.8) is 0 Å². The first-order valence-corrected chi connectivity index (χ1v) is 9.01. The Morgan fingerprint density at radius 1 is 1.42 bits per heavy atom. The standard InChI is InChI=1S/C19H28N2O3/c1-14(24-13-17-7-3-4-11-23-17)19(22)20-16-8-9-18-15(12-16)6-5-10-21(18)2/h8-9,12,14,17H,3-7,10-11,13H2,1-2H3,(H,20,22). The van der Waals surface area contributed by atoms with Gasteiger partial charge in [0.25, 0.3) is 5.91 Å². The molecular formula is C19H28N2O3. The van der Waals surface area contributed by atoms with E-state index in [0.29, 0.717) is 6.61 Å². The second-order valence-electron chi connectivity index (χ2n) is 6.82. The number of amides is 1. The van der Waals surface area contributed by atoms with Crippen LogP contribution in [-0.2, 0) is 20.7 Å². The smallest absolute Gasteiger partial charge is 0.253 e. The van der Waals surface area contributed by atoms with Gasteiger partial charge in [-0.2, -0.15) is 0 Å². The summed E-state index contributed by atoms with van der Waals surface area (Å²) in [5, 5.41) is 2.97. The zero-order valence-corrected chi connectivity index (χ0v) is 14.7. The van der Waals surface area contributed by atoms with Crippen molar-refractivity contribution in [3.8, 4) is 0 Å². The Kier molecular flexibility index (Phi) is 5.74. The molecule has 1 aromatic carbocycles. The average molecular weight is 332 g/mol. The van der Waals surface area contributed by atoms with E-state index in [0.717, 1.165) is 44.5 Å². The predicted molar refractivity (Wildman–Crippen MR) is 95.7 cm³/mol. The number of hydrogen-bond acceptors (Lipinski definition) is 4. The molecule has 2 atom stereocenters. The maximum atomic E-state index is 12.3. The number of rotatable bonds is 5. The van der Waals surface area contributed by atoms with Crippen molar-refractivity contribution < 1.29 is 14.3 Å². The van der Waals surface area contributed by atoms with Crippen LogP contribution >= 0.6 is 0 Å². The number of carbonyl (C=O) groups excluding carboxylic acids is 1. The van der Waals surface area contributed by atoms with Crippen molar-refractivity contribution in [2.75, 3.05) is 37.0 Å². The molecule has 2 aliphatic heterocycles. The second-order valence-corrected chi connectivity index (χ2v) is 6.82. The summed E-state index contributed by atoms with van der Waals surface area (Å²) in [4.78, 5) is 14.6. The summed E-state index contributed by atoms with van der Waals surface area (Å²) in [7, 11) is 2.11. The second kappa shape index (κ2) is 7.99. The number of aryl methyl sites for hydroxylation is 1. The molecule has 0 radical (unpaired) electrons. The molecule has 24 heavy (non-hydrogen) atoms. The molecule has 0 saturated carbocycles. The third-order valence-corrected chi connectivity index (χ3v) is 4.87. The van der Waals surface area contributed by atoms with Gasteiger partial charge in [0, 0.05) is 31.6 Å². The van der Waals surface area contributed by atoms with Crippen LogP contribution in [0.4, 0.5) is 11.4 Å². The maximum absolute atomic E-state index is 12.3. The first kappa shape index (κ1) is 17.2. The molecule has 1 aromatic rings. The van der Waals surface area contributed by atoms with Crippen molar-refractivity contribution in [2.24, 2.45) is 0 Å². The van der Waals surface area contributed by atoms with E-state index in [9.17, 15) is 4.79 Å². The third-order valence-electron chi connectivity index (χ3n) is 4.87. The van der Waals surface area contributed by atoms with Gasteiger partial charge in [0.1, 0.15) is 6.10 Å². The number of nitrogens with one attached hydrogen (secondary N) is 1. The molecular weight excluding hydrogens is 304 g/mol. The monoisotopic (exact) mass is 332 g/mol. The summed E-state index contributed by atoms with van der Waals surface area (Å²) in [6.07, 6.45) is 5.20. The summed E-state index contributed by atoms with van der Waals surface area (Å²) in [6.45, 7) is 4.18. The zero-order valence-electron chi connectivity index (χ0n) is 14.7. The quantitative estimate of drug-likeness (QED) is 0.901. The Morgan fingerprint density at radius 2 is 2.29 bits per heavy atom. The molecule has 0 spiro atoms. The fourth-order valence-corrected chi connectivity index (χ4v) is 3.37. The van der Waals surface area contributed by atoms with Gasteiger partial charge < -0.3 is 19.7 Å². The first-order chi connectivity index (χ1) is 11.6. The van der Waals surface area contributed by atoms with Crippen LogP contribution in [0, 0.1) is 0 Å². The van der Waals surface area contributed by atoms with Crippen LogP contribution in [0.3, 0.4) is 0 Å². The summed E-state index contributed by atoms with van der Waals surface area (Å²) in [6, 6.07) is 6.14. The van der Waals surface area contributed by atoms with Gasteiger partial charge in [0.2, 0.25) is 0 Å². The highest BCUT2D eigenvalue weighted by atomic mass is 16.5. The lowest BCUT2D eigenvalue weighted by Crippen LogP contribution is -2.32. The third kappa shape index (κ3) is 4.28. The summed E-state index contributed by atoms with van der Waals surface area (Å²) in [5.74, 6) is -0.102. The lowest BCUT2D eigenvalue weighted by atomic mass is 10.0. The van der Waals surface area contributed by atoms with E-state index < -0.39 is 6.10 Å². The van der Waals surface area contributed by atoms with Crippen molar-refractivity contribution in [2.45, 2.75) is 51.2 Å². The van der Waals surface area contributed by atoms with Crippen molar-refractivity contribution in [3.05, 3.63) is 23.8 Å². The molecule has 3 rings (SSSR count). The molecule has 132 valence electrons. The zero-order chi connectivity index (χ0) is 16.9. The van der Waals surface area contributed by atoms with Gasteiger partial charge in [-0.25, -0.2) is 0 Å². The van der Waals surface area contributed by atoms with Crippen LogP contribution in [0.15, 0.2) is 18.2 Å². The molecule has 0 bridgehead atoms. The minimum absolute atomic E-state index is 0.102. The topological polar surface area (TPSA) is 50.8 Å². The molecule has 2 aliphatic rings. The number of ether oxygens (including phenoxy) is 2. The van der Waals surface area contributed by atoms with Crippen molar-refractivity contribution in [1.29, 1.82) is 0 Å². The molecule has 5 nitrogen and oxygen atoms in total. The Morgan fingerprint density at radius 3 is 3.08 bits per heavy atom. The molecule has 1 fully saturated rings. The Bertz CT molecular complexity index is 570. The first-order valence-electron chi connectivity index (χ1n) is 9.01. The van der Waals surface area contributed by atoms with Gasteiger partial charge in [-0.3, -0.25) is 4.79 Å². The molecule has 1 N–H and O–H groups in total. The molecule has 2 unspecified atom stereocenters. The van der Waals surface area contributed by atoms with E-state index in [1.54, 1.807) is 6.92 Å². The van der Waals surface area contributed by atoms with Crippen molar-refractivity contribution >= 4 is 17.3 Å². The highest BCUT2D eigenvalue weighted by Crippen LogP contribution is 2.28. The fourth-order valence-electron chi connectivity index (χ4n) is 3.37. The lowest BCUT2D eigenvalue weighted by Gasteiger charge is -2.28. The molecule has 0 aromatic heterocycles. The van der Waals surface area contributed by atoms with Crippen LogP contribution in [0.1, 0.15) is 38.2 Å². The highest BCUT2D eigenvalue weighted by molar-refractivity contribution is 5.94. The van der Waals surface area contributed by atoms with E-state index in [4.69, 9.17) is 9.47 Å². The maximum Gasteiger partial charge on any atom is 0.253 e. The minimum Gasteiger partial charge on any atom is -0.376 e. The minimum atomic E-state index is -0.478. The number of fused-ring (bicyclic) bond motifs is 1. The van der Waals surface area contributed by atoms with Gasteiger partial charge in [-0.1, -0.05) is 0 Å². The average Bonchev–Trinajstić information content (AvgIpc) is 2.60.